The van der Waals surface area contributed by atoms with Gasteiger partial charge in [0.1, 0.15) is 6.04 Å². The van der Waals surface area contributed by atoms with Gasteiger partial charge in [0.15, 0.2) is 6.29 Å². The molecule has 2 N–H and O–H groups in total. The van der Waals surface area contributed by atoms with Crippen molar-refractivity contribution in [1.29, 1.82) is 0 Å². The lowest BCUT2D eigenvalue weighted by atomic mass is 10.0. The molecule has 2 amide bonds. The first-order valence-corrected chi connectivity index (χ1v) is 9.45. The van der Waals surface area contributed by atoms with Crippen LogP contribution in [-0.2, 0) is 14.4 Å². The number of carbonyl (C=O) groups is 2. The number of nitrogens with one attached hydrogen (secondary N) is 2. The first-order valence-electron chi connectivity index (χ1n) is 8.70. The molecule has 1 fully saturated rings. The van der Waals surface area contributed by atoms with Gasteiger partial charge < -0.3 is 10.1 Å². The van der Waals surface area contributed by atoms with Gasteiger partial charge in [-0.25, -0.2) is 10.3 Å². The molecule has 8 heteroatoms. The fourth-order valence-electron chi connectivity index (χ4n) is 2.61. The maximum atomic E-state index is 12.5. The highest BCUT2D eigenvalue weighted by Gasteiger charge is 2.25. The number of halogens is 2. The Kier molecular flexibility index (Phi) is 8.15. The molecule has 2 atom stereocenters. The van der Waals surface area contributed by atoms with Crippen LogP contribution in [0.2, 0.25) is 10.0 Å². The van der Waals surface area contributed by atoms with E-state index in [1.807, 2.05) is 13.8 Å². The van der Waals surface area contributed by atoms with Crippen molar-refractivity contribution in [2.24, 2.45) is 5.92 Å². The van der Waals surface area contributed by atoms with Crippen LogP contribution in [0, 0.1) is 5.92 Å². The Labute approximate surface area is 163 Å². The summed E-state index contributed by atoms with van der Waals surface area (Å²) in [5.41, 5.74) is 2.66. The predicted molar refractivity (Wildman–Crippen MR) is 100.0 cm³/mol. The summed E-state index contributed by atoms with van der Waals surface area (Å²) in [5, 5.41) is 3.37. The van der Waals surface area contributed by atoms with E-state index >= 15 is 0 Å². The first-order chi connectivity index (χ1) is 12.4. The zero-order valence-corrected chi connectivity index (χ0v) is 16.4. The van der Waals surface area contributed by atoms with Crippen LogP contribution in [0.15, 0.2) is 18.2 Å². The molecule has 0 aliphatic carbocycles. The summed E-state index contributed by atoms with van der Waals surface area (Å²) in [6.45, 7) is 4.54. The van der Waals surface area contributed by atoms with E-state index in [0.29, 0.717) is 18.1 Å². The van der Waals surface area contributed by atoms with E-state index in [0.717, 1.165) is 19.3 Å². The van der Waals surface area contributed by atoms with Gasteiger partial charge in [0, 0.05) is 18.1 Å². The molecule has 0 spiro atoms. The van der Waals surface area contributed by atoms with Gasteiger partial charge in [-0.1, -0.05) is 37.0 Å². The second-order valence-electron chi connectivity index (χ2n) is 6.66. The molecule has 1 heterocycles. The molecule has 2 rings (SSSR count). The summed E-state index contributed by atoms with van der Waals surface area (Å²) in [6, 6.07) is 3.83. The quantitative estimate of drug-likeness (QED) is 0.681. The Bertz CT molecular complexity index is 634. The monoisotopic (exact) mass is 402 g/mol. The highest BCUT2D eigenvalue weighted by molar-refractivity contribution is 6.36. The third kappa shape index (κ3) is 6.43. The maximum Gasteiger partial charge on any atom is 0.266 e. The molecule has 6 nitrogen and oxygen atoms in total. The fraction of sp³-hybridized carbons (Fsp3) is 0.556. The number of hydrogen-bond donors (Lipinski definition) is 2. The van der Waals surface area contributed by atoms with E-state index in [-0.39, 0.29) is 16.5 Å². The Balaban J connectivity index is 1.98. The standard InChI is InChI=1S/C18H24Cl2N2O4/c1-11(2)9-15(18(24)22-26-16-5-3-4-8-25-16)21-17(23)13-7-6-12(19)10-14(13)20/h6-7,10-11,15-16H,3-5,8-9H2,1-2H3,(H,21,23)(H,22,24). The largest absolute Gasteiger partial charge is 0.350 e. The van der Waals surface area contributed by atoms with Crippen LogP contribution in [0.3, 0.4) is 0 Å². The van der Waals surface area contributed by atoms with Crippen LogP contribution in [0.25, 0.3) is 0 Å². The maximum absolute atomic E-state index is 12.5. The van der Waals surface area contributed by atoms with Gasteiger partial charge in [0.2, 0.25) is 0 Å². The number of carbonyl (C=O) groups excluding carboxylic acids is 2. The zero-order valence-electron chi connectivity index (χ0n) is 14.9. The molecule has 1 aliphatic heterocycles. The molecule has 0 radical (unpaired) electrons. The van der Waals surface area contributed by atoms with Crippen LogP contribution < -0.4 is 10.8 Å². The van der Waals surface area contributed by atoms with Crippen molar-refractivity contribution in [3.05, 3.63) is 33.8 Å². The third-order valence-electron chi connectivity index (χ3n) is 3.93. The smallest absolute Gasteiger partial charge is 0.266 e. The Morgan fingerprint density at radius 1 is 1.31 bits per heavy atom. The topological polar surface area (TPSA) is 76.7 Å². The molecular formula is C18H24Cl2N2O4. The number of ether oxygens (including phenoxy) is 1. The van der Waals surface area contributed by atoms with E-state index in [1.165, 1.54) is 12.1 Å². The third-order valence-corrected chi connectivity index (χ3v) is 4.48. The molecule has 1 aromatic carbocycles. The molecule has 26 heavy (non-hydrogen) atoms. The SMILES string of the molecule is CC(C)CC(NC(=O)c1ccc(Cl)cc1Cl)C(=O)NOC1CCCCO1. The average Bonchev–Trinajstić information content (AvgIpc) is 2.59. The second-order valence-corrected chi connectivity index (χ2v) is 7.50. The van der Waals surface area contributed by atoms with Gasteiger partial charge in [0.25, 0.3) is 11.8 Å². The van der Waals surface area contributed by atoms with E-state index < -0.39 is 24.1 Å². The van der Waals surface area contributed by atoms with Crippen molar-refractivity contribution < 1.29 is 19.2 Å². The summed E-state index contributed by atoms with van der Waals surface area (Å²) in [7, 11) is 0. The number of rotatable bonds is 7. The van der Waals surface area contributed by atoms with Crippen molar-refractivity contribution >= 4 is 35.0 Å². The molecule has 0 saturated carbocycles. The summed E-state index contributed by atoms with van der Waals surface area (Å²) >= 11 is 11.9. The van der Waals surface area contributed by atoms with Crippen molar-refractivity contribution in [2.45, 2.75) is 51.9 Å². The highest BCUT2D eigenvalue weighted by Crippen LogP contribution is 2.21. The number of amides is 2. The predicted octanol–water partition coefficient (Wildman–Crippen LogP) is 3.71. The summed E-state index contributed by atoms with van der Waals surface area (Å²) < 4.78 is 5.41. The minimum absolute atomic E-state index is 0.192. The van der Waals surface area contributed by atoms with E-state index in [4.69, 9.17) is 32.8 Å². The molecule has 1 aromatic rings. The van der Waals surface area contributed by atoms with Crippen LogP contribution >= 0.6 is 23.2 Å². The summed E-state index contributed by atoms with van der Waals surface area (Å²) in [5.74, 6) is -0.676. The lowest BCUT2D eigenvalue weighted by Crippen LogP contribution is -2.48. The average molecular weight is 403 g/mol. The molecule has 1 aliphatic rings. The molecule has 144 valence electrons. The Morgan fingerprint density at radius 3 is 2.69 bits per heavy atom. The summed E-state index contributed by atoms with van der Waals surface area (Å²) in [4.78, 5) is 30.3. The van der Waals surface area contributed by atoms with E-state index in [2.05, 4.69) is 10.8 Å². The van der Waals surface area contributed by atoms with Gasteiger partial charge in [-0.05, 0) is 43.4 Å². The zero-order chi connectivity index (χ0) is 19.1. The molecule has 0 aromatic heterocycles. The van der Waals surface area contributed by atoms with Gasteiger partial charge in [-0.2, -0.15) is 0 Å². The van der Waals surface area contributed by atoms with Crippen molar-refractivity contribution in [3.63, 3.8) is 0 Å². The van der Waals surface area contributed by atoms with Crippen molar-refractivity contribution in [1.82, 2.24) is 10.8 Å². The van der Waals surface area contributed by atoms with Crippen LogP contribution in [-0.4, -0.2) is 30.8 Å². The number of hydrogen-bond acceptors (Lipinski definition) is 4. The van der Waals surface area contributed by atoms with Crippen molar-refractivity contribution in [2.75, 3.05) is 6.61 Å². The Hall–Kier alpha value is -1.34. The number of hydroxylamine groups is 1. The van der Waals surface area contributed by atoms with Crippen molar-refractivity contribution in [3.8, 4) is 0 Å². The normalized spacial score (nSPS) is 18.4. The first kappa shape index (κ1) is 21.0. The molecule has 0 bridgehead atoms. The summed E-state index contributed by atoms with van der Waals surface area (Å²) in [6.07, 6.45) is 2.71. The molecular weight excluding hydrogens is 379 g/mol. The van der Waals surface area contributed by atoms with Gasteiger partial charge in [-0.3, -0.25) is 9.59 Å². The Morgan fingerprint density at radius 2 is 2.08 bits per heavy atom. The highest BCUT2D eigenvalue weighted by atomic mass is 35.5. The molecule has 1 saturated heterocycles. The minimum atomic E-state index is -0.752. The minimum Gasteiger partial charge on any atom is -0.350 e. The van der Waals surface area contributed by atoms with Crippen LogP contribution in [0.5, 0.6) is 0 Å². The lowest BCUT2D eigenvalue weighted by Gasteiger charge is -2.24. The lowest BCUT2D eigenvalue weighted by molar-refractivity contribution is -0.201. The van der Waals surface area contributed by atoms with Gasteiger partial charge in [-0.15, -0.1) is 0 Å². The van der Waals surface area contributed by atoms with Gasteiger partial charge in [0.05, 0.1) is 10.6 Å². The molecule has 2 unspecified atom stereocenters. The second kappa shape index (κ2) is 10.1. The van der Waals surface area contributed by atoms with Crippen LogP contribution in [0.4, 0.5) is 0 Å². The fourth-order valence-corrected chi connectivity index (χ4v) is 3.11. The van der Waals surface area contributed by atoms with Crippen LogP contribution in [0.1, 0.15) is 49.9 Å². The van der Waals surface area contributed by atoms with E-state index in [1.54, 1.807) is 6.07 Å². The van der Waals surface area contributed by atoms with Gasteiger partial charge >= 0.3 is 0 Å². The number of benzene rings is 1. The van der Waals surface area contributed by atoms with E-state index in [9.17, 15) is 9.59 Å².